The van der Waals surface area contributed by atoms with Crippen LogP contribution in [0.4, 0.5) is 23.1 Å². The van der Waals surface area contributed by atoms with Crippen molar-refractivity contribution in [2.75, 3.05) is 30.8 Å². The molecule has 11 heteroatoms. The van der Waals surface area contributed by atoms with E-state index in [1.165, 1.54) is 6.20 Å². The van der Waals surface area contributed by atoms with E-state index < -0.39 is 0 Å². The fourth-order valence-corrected chi connectivity index (χ4v) is 4.96. The van der Waals surface area contributed by atoms with Gasteiger partial charge in [0.25, 0.3) is 11.8 Å². The van der Waals surface area contributed by atoms with Crippen molar-refractivity contribution < 1.29 is 14.7 Å². The highest BCUT2D eigenvalue weighted by atomic mass is 35.5. The summed E-state index contributed by atoms with van der Waals surface area (Å²) in [5.74, 6) is 0.339. The number of hydrogen-bond donors (Lipinski definition) is 5. The van der Waals surface area contributed by atoms with Crippen LogP contribution in [0.5, 0.6) is 0 Å². The van der Waals surface area contributed by atoms with Gasteiger partial charge in [0.2, 0.25) is 5.95 Å². The minimum Gasteiger partial charge on any atom is -0.394 e. The third-order valence-corrected chi connectivity index (χ3v) is 6.98. The first-order valence-electron chi connectivity index (χ1n) is 12.3. The Morgan fingerprint density at radius 3 is 2.82 bits per heavy atom. The second-order valence-electron chi connectivity index (χ2n) is 9.13. The van der Waals surface area contributed by atoms with Gasteiger partial charge in [-0.2, -0.15) is 4.98 Å². The smallest absolute Gasteiger partial charge is 0.256 e. The molecule has 1 aliphatic heterocycles. The number of H-pyrrole nitrogens is 1. The Morgan fingerprint density at radius 1 is 1.21 bits per heavy atom. The van der Waals surface area contributed by atoms with E-state index in [4.69, 9.17) is 11.6 Å². The molecule has 10 nitrogen and oxygen atoms in total. The number of aromatic amines is 1. The van der Waals surface area contributed by atoms with Gasteiger partial charge in [0.15, 0.2) is 5.82 Å². The molecule has 0 spiro atoms. The molecule has 2 aromatic heterocycles. The zero-order valence-corrected chi connectivity index (χ0v) is 21.8. The SMILES string of the molecule is CNC(=O)c1ccccc1Nc1nc(Nc2ccc3c(C(=O)N4CCC[C@@H]4CO)c(C)[nH]c3c2)ncc1Cl. The van der Waals surface area contributed by atoms with Crippen LogP contribution in [-0.4, -0.2) is 63.0 Å². The lowest BCUT2D eigenvalue weighted by Gasteiger charge is -2.23. The van der Waals surface area contributed by atoms with E-state index in [1.807, 2.05) is 31.2 Å². The summed E-state index contributed by atoms with van der Waals surface area (Å²) in [7, 11) is 1.57. The molecule has 0 bridgehead atoms. The average molecular weight is 534 g/mol. The van der Waals surface area contributed by atoms with Gasteiger partial charge in [-0.3, -0.25) is 9.59 Å². The number of aliphatic hydroxyl groups excluding tert-OH is 1. The molecule has 4 aromatic rings. The summed E-state index contributed by atoms with van der Waals surface area (Å²) in [6.45, 7) is 2.49. The molecule has 1 atom stereocenters. The van der Waals surface area contributed by atoms with Crippen molar-refractivity contribution in [3.63, 3.8) is 0 Å². The second-order valence-corrected chi connectivity index (χ2v) is 9.53. The highest BCUT2D eigenvalue weighted by Crippen LogP contribution is 2.31. The van der Waals surface area contributed by atoms with Crippen molar-refractivity contribution in [1.82, 2.24) is 25.2 Å². The number of carbonyl (C=O) groups excluding carboxylic acids is 2. The topological polar surface area (TPSA) is 135 Å². The largest absolute Gasteiger partial charge is 0.394 e. The molecule has 3 heterocycles. The Bertz CT molecular complexity index is 1520. The van der Waals surface area contributed by atoms with Gasteiger partial charge in [-0.15, -0.1) is 0 Å². The third kappa shape index (κ3) is 4.88. The highest BCUT2D eigenvalue weighted by Gasteiger charge is 2.31. The Labute approximate surface area is 224 Å². The molecule has 0 radical (unpaired) electrons. The lowest BCUT2D eigenvalue weighted by atomic mass is 10.1. The number of nitrogens with one attached hydrogen (secondary N) is 4. The number of likely N-dealkylation sites (tertiary alicyclic amines) is 1. The number of hydrogen-bond acceptors (Lipinski definition) is 7. The van der Waals surface area contributed by atoms with Crippen molar-refractivity contribution in [1.29, 1.82) is 0 Å². The monoisotopic (exact) mass is 533 g/mol. The summed E-state index contributed by atoms with van der Waals surface area (Å²) >= 11 is 6.34. The van der Waals surface area contributed by atoms with Gasteiger partial charge < -0.3 is 30.9 Å². The number of aliphatic hydroxyl groups is 1. The number of rotatable bonds is 7. The quantitative estimate of drug-likeness (QED) is 0.238. The predicted octanol–water partition coefficient (Wildman–Crippen LogP) is 4.36. The first kappa shape index (κ1) is 25.5. The van der Waals surface area contributed by atoms with Crippen LogP contribution in [0.1, 0.15) is 39.3 Å². The Morgan fingerprint density at radius 2 is 2.03 bits per heavy atom. The molecule has 2 aromatic carbocycles. The molecule has 5 N–H and O–H groups in total. The number of para-hydroxylation sites is 1. The molecule has 38 heavy (non-hydrogen) atoms. The summed E-state index contributed by atoms with van der Waals surface area (Å²) < 4.78 is 0. The molecule has 196 valence electrons. The zero-order chi connectivity index (χ0) is 26.8. The van der Waals surface area contributed by atoms with Crippen LogP contribution in [0, 0.1) is 6.92 Å². The second kappa shape index (κ2) is 10.7. The maximum absolute atomic E-state index is 13.3. The maximum atomic E-state index is 13.3. The average Bonchev–Trinajstić information content (AvgIpc) is 3.53. The number of anilines is 4. The minimum absolute atomic E-state index is 0.0312. The molecule has 0 aliphatic carbocycles. The van der Waals surface area contributed by atoms with Crippen LogP contribution in [0.15, 0.2) is 48.7 Å². The van der Waals surface area contributed by atoms with Crippen LogP contribution < -0.4 is 16.0 Å². The minimum atomic E-state index is -0.236. The van der Waals surface area contributed by atoms with Crippen molar-refractivity contribution in [2.24, 2.45) is 0 Å². The van der Waals surface area contributed by atoms with Gasteiger partial charge in [0, 0.05) is 35.9 Å². The lowest BCUT2D eigenvalue weighted by Crippen LogP contribution is -2.37. The summed E-state index contributed by atoms with van der Waals surface area (Å²) in [6, 6.07) is 12.5. The van der Waals surface area contributed by atoms with Crippen LogP contribution in [-0.2, 0) is 0 Å². The number of amides is 2. The molecule has 0 saturated carbocycles. The van der Waals surface area contributed by atoms with E-state index >= 15 is 0 Å². The fourth-order valence-electron chi connectivity index (χ4n) is 4.82. The number of nitrogens with zero attached hydrogens (tertiary/aromatic N) is 3. The lowest BCUT2D eigenvalue weighted by molar-refractivity contribution is 0.0678. The third-order valence-electron chi connectivity index (χ3n) is 6.70. The first-order chi connectivity index (χ1) is 18.4. The number of halogens is 1. The number of benzene rings is 2. The van der Waals surface area contributed by atoms with Crippen molar-refractivity contribution in [3.05, 3.63) is 70.5 Å². The number of carbonyl (C=O) groups is 2. The molecule has 1 saturated heterocycles. The van der Waals surface area contributed by atoms with Gasteiger partial charge in [-0.1, -0.05) is 23.7 Å². The van der Waals surface area contributed by atoms with Crippen molar-refractivity contribution in [2.45, 2.75) is 25.8 Å². The summed E-state index contributed by atoms with van der Waals surface area (Å²) in [5.41, 5.74) is 3.91. The number of fused-ring (bicyclic) bond motifs is 1. The molecule has 0 unspecified atom stereocenters. The Kier molecular flexibility index (Phi) is 7.17. The summed E-state index contributed by atoms with van der Waals surface area (Å²) in [4.78, 5) is 39.4. The molecule has 2 amide bonds. The molecule has 1 aliphatic rings. The highest BCUT2D eigenvalue weighted by molar-refractivity contribution is 6.33. The standard InChI is InChI=1S/C27H28ClN7O3/c1-15-23(26(38)35-11-5-6-17(35)14-36)18-10-9-16(12-22(18)31-15)32-27-30-13-20(28)24(34-27)33-21-8-4-3-7-19(21)25(37)29-2/h3-4,7-10,12-13,17,31,36H,5-6,11,14H2,1-2H3,(H,29,37)(H2,30,32,33,34)/t17-/m1/s1. The van der Waals surface area contributed by atoms with E-state index in [0.29, 0.717) is 45.8 Å². The van der Waals surface area contributed by atoms with Crippen LogP contribution in [0.2, 0.25) is 5.02 Å². The summed E-state index contributed by atoms with van der Waals surface area (Å²) in [6.07, 6.45) is 3.18. The normalized spacial score (nSPS) is 15.1. The predicted molar refractivity (Wildman–Crippen MR) is 148 cm³/mol. The van der Waals surface area contributed by atoms with Gasteiger partial charge in [-0.25, -0.2) is 4.98 Å². The maximum Gasteiger partial charge on any atom is 0.256 e. The van der Waals surface area contributed by atoms with Crippen LogP contribution in [0.3, 0.4) is 0 Å². The van der Waals surface area contributed by atoms with E-state index in [9.17, 15) is 14.7 Å². The Hall–Kier alpha value is -4.15. The zero-order valence-electron chi connectivity index (χ0n) is 21.0. The van der Waals surface area contributed by atoms with E-state index in [0.717, 1.165) is 29.4 Å². The van der Waals surface area contributed by atoms with Gasteiger partial charge in [0.1, 0.15) is 5.02 Å². The van der Waals surface area contributed by atoms with E-state index in [2.05, 4.69) is 30.9 Å². The molecular formula is C27H28ClN7O3. The molecular weight excluding hydrogens is 506 g/mol. The van der Waals surface area contributed by atoms with Crippen molar-refractivity contribution >= 4 is 57.5 Å². The van der Waals surface area contributed by atoms with E-state index in [-0.39, 0.29) is 24.5 Å². The van der Waals surface area contributed by atoms with Gasteiger partial charge >= 0.3 is 0 Å². The molecule has 5 rings (SSSR count). The van der Waals surface area contributed by atoms with Gasteiger partial charge in [0.05, 0.1) is 35.7 Å². The number of aryl methyl sites for hydroxylation is 1. The van der Waals surface area contributed by atoms with Gasteiger partial charge in [-0.05, 0) is 50.1 Å². The molecule has 1 fully saturated rings. The van der Waals surface area contributed by atoms with Crippen LogP contribution >= 0.6 is 11.6 Å². The van der Waals surface area contributed by atoms with Crippen LogP contribution in [0.25, 0.3) is 10.9 Å². The Balaban J connectivity index is 1.39. The van der Waals surface area contributed by atoms with Crippen molar-refractivity contribution in [3.8, 4) is 0 Å². The first-order valence-corrected chi connectivity index (χ1v) is 12.7. The summed E-state index contributed by atoms with van der Waals surface area (Å²) in [5, 5.41) is 19.7. The number of aromatic nitrogens is 3. The van der Waals surface area contributed by atoms with E-state index in [1.54, 1.807) is 30.1 Å². The fraction of sp³-hybridized carbons (Fsp3) is 0.259.